The van der Waals surface area contributed by atoms with Crippen LogP contribution in [0.2, 0.25) is 0 Å². The van der Waals surface area contributed by atoms with Gasteiger partial charge in [-0.25, -0.2) is 4.98 Å². The molecule has 2 aliphatic rings. The summed E-state index contributed by atoms with van der Waals surface area (Å²) in [7, 11) is 0. The molecule has 0 fully saturated rings. The lowest BCUT2D eigenvalue weighted by atomic mass is 9.87. The van der Waals surface area contributed by atoms with Crippen molar-refractivity contribution in [3.63, 3.8) is 0 Å². The Morgan fingerprint density at radius 2 is 1.04 bits per heavy atom. The zero-order valence-corrected chi connectivity index (χ0v) is 15.9. The van der Waals surface area contributed by atoms with Crippen molar-refractivity contribution in [2.24, 2.45) is 9.98 Å². The molecule has 1 heterocycles. The molecule has 5 rings (SSSR count). The maximum absolute atomic E-state index is 5.15. The van der Waals surface area contributed by atoms with E-state index in [0.717, 1.165) is 72.7 Å². The number of aryl methyl sites for hydroxylation is 2. The van der Waals surface area contributed by atoms with Crippen LogP contribution >= 0.6 is 0 Å². The molecule has 2 aliphatic carbocycles. The highest BCUT2D eigenvalue weighted by Crippen LogP contribution is 2.29. The van der Waals surface area contributed by atoms with Gasteiger partial charge >= 0.3 is 0 Å². The van der Waals surface area contributed by atoms with Crippen LogP contribution in [0.5, 0.6) is 0 Å². The average Bonchev–Trinajstić information content (AvgIpc) is 2.75. The molecule has 0 aliphatic heterocycles. The van der Waals surface area contributed by atoms with Crippen LogP contribution in [0.3, 0.4) is 0 Å². The molecule has 0 unspecified atom stereocenters. The van der Waals surface area contributed by atoms with E-state index in [2.05, 4.69) is 30.3 Å². The molecule has 1 aromatic heterocycles. The van der Waals surface area contributed by atoms with Crippen LogP contribution in [0, 0.1) is 0 Å². The first kappa shape index (κ1) is 17.1. The predicted molar refractivity (Wildman–Crippen MR) is 115 cm³/mol. The van der Waals surface area contributed by atoms with Crippen LogP contribution in [0.1, 0.15) is 48.2 Å². The minimum absolute atomic E-state index is 0.985. The van der Waals surface area contributed by atoms with E-state index in [4.69, 9.17) is 15.0 Å². The number of hydrogen-bond acceptors (Lipinski definition) is 3. The molecule has 28 heavy (non-hydrogen) atoms. The molecule has 0 amide bonds. The number of para-hydroxylation sites is 2. The molecular formula is C25H23N3. The molecule has 3 heteroatoms. The molecular weight excluding hydrogens is 342 g/mol. The van der Waals surface area contributed by atoms with E-state index >= 15 is 0 Å². The zero-order valence-electron chi connectivity index (χ0n) is 15.9. The minimum atomic E-state index is 0.985. The summed E-state index contributed by atoms with van der Waals surface area (Å²) in [4.78, 5) is 15.0. The van der Waals surface area contributed by atoms with Gasteiger partial charge in [0.15, 0.2) is 0 Å². The number of fused-ring (bicyclic) bond motifs is 2. The lowest BCUT2D eigenvalue weighted by molar-refractivity contribution is 0.791. The average molecular weight is 365 g/mol. The molecule has 3 aromatic rings. The van der Waals surface area contributed by atoms with Gasteiger partial charge in [0.25, 0.3) is 0 Å². The maximum Gasteiger partial charge on any atom is 0.0884 e. The van der Waals surface area contributed by atoms with Crippen LogP contribution < -0.4 is 0 Å². The lowest BCUT2D eigenvalue weighted by Gasteiger charge is -2.23. The van der Waals surface area contributed by atoms with Crippen LogP contribution in [-0.4, -0.2) is 16.4 Å². The Kier molecular flexibility index (Phi) is 4.58. The fourth-order valence-corrected chi connectivity index (χ4v) is 4.15. The van der Waals surface area contributed by atoms with Gasteiger partial charge in [-0.3, -0.25) is 9.98 Å². The Morgan fingerprint density at radius 3 is 1.50 bits per heavy atom. The van der Waals surface area contributed by atoms with E-state index in [0.29, 0.717) is 0 Å². The molecule has 3 nitrogen and oxygen atoms in total. The summed E-state index contributed by atoms with van der Waals surface area (Å²) in [6.07, 6.45) is 6.44. The summed E-state index contributed by atoms with van der Waals surface area (Å²) in [5, 5.41) is 0. The van der Waals surface area contributed by atoms with Crippen molar-refractivity contribution in [1.82, 2.24) is 4.98 Å². The SMILES string of the molecule is c1ccc(N=C2CCCc3cc4c(nc32)C(=Nc2ccccc2)CCC4)cc1. The quantitative estimate of drug-likeness (QED) is 0.549. The van der Waals surface area contributed by atoms with Gasteiger partial charge in [0.2, 0.25) is 0 Å². The highest BCUT2D eigenvalue weighted by Gasteiger charge is 2.24. The lowest BCUT2D eigenvalue weighted by Crippen LogP contribution is -2.21. The zero-order chi connectivity index (χ0) is 18.8. The third kappa shape index (κ3) is 3.40. The van der Waals surface area contributed by atoms with Crippen molar-refractivity contribution >= 4 is 22.8 Å². The van der Waals surface area contributed by atoms with Crippen molar-refractivity contribution in [3.8, 4) is 0 Å². The van der Waals surface area contributed by atoms with E-state index in [9.17, 15) is 0 Å². The van der Waals surface area contributed by atoms with Gasteiger partial charge in [0, 0.05) is 0 Å². The van der Waals surface area contributed by atoms with Crippen molar-refractivity contribution in [2.45, 2.75) is 38.5 Å². The summed E-state index contributed by atoms with van der Waals surface area (Å²) in [6.45, 7) is 0. The largest absolute Gasteiger partial charge is 0.251 e. The Bertz CT molecular complexity index is 967. The number of hydrogen-bond donors (Lipinski definition) is 0. The van der Waals surface area contributed by atoms with Crippen molar-refractivity contribution < 1.29 is 0 Å². The second-order valence-corrected chi connectivity index (χ2v) is 7.50. The fourth-order valence-electron chi connectivity index (χ4n) is 4.15. The third-order valence-electron chi connectivity index (χ3n) is 5.49. The smallest absolute Gasteiger partial charge is 0.0884 e. The number of nitrogens with zero attached hydrogens (tertiary/aromatic N) is 3. The third-order valence-corrected chi connectivity index (χ3v) is 5.49. The maximum atomic E-state index is 5.15. The van der Waals surface area contributed by atoms with Crippen LogP contribution in [0.4, 0.5) is 11.4 Å². The Balaban J connectivity index is 1.60. The van der Waals surface area contributed by atoms with Gasteiger partial charge in [-0.1, -0.05) is 42.5 Å². The number of aromatic nitrogens is 1. The van der Waals surface area contributed by atoms with Gasteiger partial charge < -0.3 is 0 Å². The van der Waals surface area contributed by atoms with E-state index in [-0.39, 0.29) is 0 Å². The van der Waals surface area contributed by atoms with Gasteiger partial charge in [-0.05, 0) is 73.9 Å². The second-order valence-electron chi connectivity index (χ2n) is 7.50. The fraction of sp³-hybridized carbons (Fsp3) is 0.240. The van der Waals surface area contributed by atoms with E-state index < -0.39 is 0 Å². The topological polar surface area (TPSA) is 37.6 Å². The minimum Gasteiger partial charge on any atom is -0.251 e. The Hall–Kier alpha value is -3.07. The van der Waals surface area contributed by atoms with E-state index in [1.54, 1.807) is 0 Å². The first-order valence-corrected chi connectivity index (χ1v) is 10.2. The molecule has 138 valence electrons. The van der Waals surface area contributed by atoms with E-state index in [1.807, 2.05) is 36.4 Å². The number of rotatable bonds is 2. The second kappa shape index (κ2) is 7.51. The number of benzene rings is 2. The Labute approximate surface area is 165 Å². The van der Waals surface area contributed by atoms with Crippen molar-refractivity contribution in [1.29, 1.82) is 0 Å². The van der Waals surface area contributed by atoms with Gasteiger partial charge in [0.05, 0.1) is 34.2 Å². The summed E-state index contributed by atoms with van der Waals surface area (Å²) < 4.78 is 0. The monoisotopic (exact) mass is 365 g/mol. The molecule has 2 aromatic carbocycles. The first-order chi connectivity index (χ1) is 13.9. The molecule has 0 saturated carbocycles. The number of pyridine rings is 1. The van der Waals surface area contributed by atoms with Crippen LogP contribution in [0.25, 0.3) is 0 Å². The molecule has 0 N–H and O–H groups in total. The Morgan fingerprint density at radius 1 is 0.571 bits per heavy atom. The molecule has 0 bridgehead atoms. The standard InChI is InChI=1S/C25H23N3/c1-3-11-20(12-4-1)26-22-15-7-9-18-17-19-10-8-16-23(25(19)28-24(18)22)27-21-13-5-2-6-14-21/h1-6,11-14,17H,7-10,15-16H2. The normalized spacial score (nSPS) is 18.7. The summed E-state index contributed by atoms with van der Waals surface area (Å²) in [6, 6.07) is 22.8. The summed E-state index contributed by atoms with van der Waals surface area (Å²) in [5.74, 6) is 0. The number of aliphatic imine (C=N–C) groups is 2. The highest BCUT2D eigenvalue weighted by atomic mass is 14.9. The van der Waals surface area contributed by atoms with Gasteiger partial charge in [-0.15, -0.1) is 0 Å². The van der Waals surface area contributed by atoms with Gasteiger partial charge in [0.1, 0.15) is 0 Å². The van der Waals surface area contributed by atoms with Crippen molar-refractivity contribution in [3.05, 3.63) is 89.2 Å². The summed E-state index contributed by atoms with van der Waals surface area (Å²) in [5.41, 5.74) is 9.08. The molecule has 0 atom stereocenters. The summed E-state index contributed by atoms with van der Waals surface area (Å²) >= 11 is 0. The predicted octanol–water partition coefficient (Wildman–Crippen LogP) is 6.00. The first-order valence-electron chi connectivity index (χ1n) is 10.2. The highest BCUT2D eigenvalue weighted by molar-refractivity contribution is 6.06. The van der Waals surface area contributed by atoms with Crippen molar-refractivity contribution in [2.75, 3.05) is 0 Å². The van der Waals surface area contributed by atoms with Gasteiger partial charge in [-0.2, -0.15) is 0 Å². The van der Waals surface area contributed by atoms with Crippen LogP contribution in [0.15, 0.2) is 76.7 Å². The molecule has 0 radical (unpaired) electrons. The van der Waals surface area contributed by atoms with Crippen LogP contribution in [-0.2, 0) is 12.8 Å². The molecule has 0 spiro atoms. The van der Waals surface area contributed by atoms with E-state index in [1.165, 1.54) is 11.1 Å². The molecule has 0 saturated heterocycles.